The average molecular weight is 383 g/mol. The largest absolute Gasteiger partial charge is 0.492 e. The van der Waals surface area contributed by atoms with E-state index in [4.69, 9.17) is 9.47 Å². The first kappa shape index (κ1) is 19.4. The molecule has 0 aromatic heterocycles. The molecule has 5 nitrogen and oxygen atoms in total. The lowest BCUT2D eigenvalue weighted by Crippen LogP contribution is -2.38. The van der Waals surface area contributed by atoms with Gasteiger partial charge in [0.05, 0.1) is 13.2 Å². The second-order valence-electron chi connectivity index (χ2n) is 7.77. The lowest BCUT2D eigenvalue weighted by atomic mass is 9.93. The van der Waals surface area contributed by atoms with Crippen molar-refractivity contribution < 1.29 is 14.6 Å². The van der Waals surface area contributed by atoms with Crippen molar-refractivity contribution in [3.63, 3.8) is 0 Å². The predicted molar refractivity (Wildman–Crippen MR) is 109 cm³/mol. The Bertz CT molecular complexity index is 749. The van der Waals surface area contributed by atoms with Crippen molar-refractivity contribution in [3.05, 3.63) is 65.7 Å². The van der Waals surface area contributed by atoms with Crippen molar-refractivity contribution in [2.45, 2.75) is 18.6 Å². The van der Waals surface area contributed by atoms with E-state index in [1.165, 1.54) is 5.56 Å². The third-order valence-corrected chi connectivity index (χ3v) is 5.77. The van der Waals surface area contributed by atoms with Crippen LogP contribution in [-0.4, -0.2) is 67.5 Å². The molecule has 28 heavy (non-hydrogen) atoms. The number of ether oxygens (including phenoxy) is 2. The van der Waals surface area contributed by atoms with Crippen LogP contribution in [0.5, 0.6) is 5.75 Å². The summed E-state index contributed by atoms with van der Waals surface area (Å²) < 4.78 is 11.5. The van der Waals surface area contributed by atoms with Gasteiger partial charge in [-0.3, -0.25) is 9.80 Å². The first-order valence-electron chi connectivity index (χ1n) is 10.2. The average Bonchev–Trinajstić information content (AvgIpc) is 3.13. The maximum atomic E-state index is 11.1. The molecule has 0 bridgehead atoms. The van der Waals surface area contributed by atoms with E-state index < -0.39 is 5.60 Å². The summed E-state index contributed by atoms with van der Waals surface area (Å²) in [5.41, 5.74) is 1.43. The Balaban J connectivity index is 1.34. The first-order valence-corrected chi connectivity index (χ1v) is 10.2. The highest BCUT2D eigenvalue weighted by Gasteiger charge is 2.37. The molecule has 1 atom stereocenters. The minimum absolute atomic E-state index is 0.652. The topological polar surface area (TPSA) is 45.2 Å². The summed E-state index contributed by atoms with van der Waals surface area (Å²) in [5, 5.41) is 11.1. The van der Waals surface area contributed by atoms with Gasteiger partial charge in [-0.25, -0.2) is 0 Å². The Kier molecular flexibility index (Phi) is 6.27. The molecular weight excluding hydrogens is 352 g/mol. The van der Waals surface area contributed by atoms with Crippen molar-refractivity contribution in [1.29, 1.82) is 0 Å². The minimum atomic E-state index is -0.757. The summed E-state index contributed by atoms with van der Waals surface area (Å²) in [7, 11) is 0. The maximum Gasteiger partial charge on any atom is 0.123 e. The van der Waals surface area contributed by atoms with Gasteiger partial charge in [-0.05, 0) is 18.1 Å². The normalized spacial score (nSPS) is 23.8. The fourth-order valence-corrected chi connectivity index (χ4v) is 4.12. The molecule has 2 aromatic carbocycles. The molecular formula is C23H30N2O3. The van der Waals surface area contributed by atoms with E-state index in [1.54, 1.807) is 0 Å². The standard InChI is InChI=1S/C23H30N2O3/c26-23(21-7-2-1-3-8-21)10-11-25(19-23)18-20-6-4-5-9-22(20)28-17-14-24-12-15-27-16-13-24/h1-9,26H,10-19H2/t23-/m1/s1. The quantitative estimate of drug-likeness (QED) is 0.797. The van der Waals surface area contributed by atoms with E-state index in [1.807, 2.05) is 42.5 Å². The summed E-state index contributed by atoms with van der Waals surface area (Å²) >= 11 is 0. The molecule has 0 amide bonds. The summed E-state index contributed by atoms with van der Waals surface area (Å²) in [6.07, 6.45) is 0.761. The van der Waals surface area contributed by atoms with Gasteiger partial charge in [0.1, 0.15) is 18.0 Å². The maximum absolute atomic E-state index is 11.1. The number of morpholine rings is 1. The molecule has 0 unspecified atom stereocenters. The second-order valence-corrected chi connectivity index (χ2v) is 7.77. The van der Waals surface area contributed by atoms with Crippen molar-refractivity contribution >= 4 is 0 Å². The van der Waals surface area contributed by atoms with E-state index in [2.05, 4.69) is 21.9 Å². The summed E-state index contributed by atoms with van der Waals surface area (Å²) in [5.74, 6) is 0.950. The lowest BCUT2D eigenvalue weighted by molar-refractivity contribution is 0.0320. The van der Waals surface area contributed by atoms with Crippen LogP contribution in [0.3, 0.4) is 0 Å². The molecule has 1 N–H and O–H groups in total. The fourth-order valence-electron chi connectivity index (χ4n) is 4.12. The number of hydrogen-bond donors (Lipinski definition) is 1. The number of rotatable bonds is 7. The third kappa shape index (κ3) is 4.73. The Morgan fingerprint density at radius 3 is 2.50 bits per heavy atom. The Morgan fingerprint density at radius 2 is 1.68 bits per heavy atom. The zero-order valence-corrected chi connectivity index (χ0v) is 16.4. The Labute approximate surface area is 167 Å². The molecule has 5 heteroatoms. The molecule has 150 valence electrons. The lowest BCUT2D eigenvalue weighted by Gasteiger charge is -2.27. The van der Waals surface area contributed by atoms with Crippen molar-refractivity contribution in [1.82, 2.24) is 9.80 Å². The molecule has 0 spiro atoms. The summed E-state index contributed by atoms with van der Waals surface area (Å²) in [6.45, 7) is 7.54. The van der Waals surface area contributed by atoms with Crippen LogP contribution in [0.1, 0.15) is 17.5 Å². The SMILES string of the molecule is O[C@]1(c2ccccc2)CCN(Cc2ccccc2OCCN2CCOCC2)C1. The molecule has 4 rings (SSSR count). The van der Waals surface area contributed by atoms with Crippen LogP contribution in [0.15, 0.2) is 54.6 Å². The second kappa shape index (κ2) is 9.05. The van der Waals surface area contributed by atoms with Gasteiger partial charge in [0.25, 0.3) is 0 Å². The molecule has 2 aliphatic heterocycles. The van der Waals surface area contributed by atoms with Crippen molar-refractivity contribution in [2.75, 3.05) is 52.5 Å². The number of aliphatic hydroxyl groups is 1. The van der Waals surface area contributed by atoms with Crippen molar-refractivity contribution in [3.8, 4) is 5.75 Å². The smallest absolute Gasteiger partial charge is 0.123 e. The predicted octanol–water partition coefficient (Wildman–Crippen LogP) is 2.49. The van der Waals surface area contributed by atoms with E-state index in [9.17, 15) is 5.11 Å². The minimum Gasteiger partial charge on any atom is -0.492 e. The first-order chi connectivity index (χ1) is 13.7. The molecule has 2 fully saturated rings. The van der Waals surface area contributed by atoms with Gasteiger partial charge in [0, 0.05) is 44.8 Å². The zero-order chi connectivity index (χ0) is 19.2. The summed E-state index contributed by atoms with van der Waals surface area (Å²) in [4.78, 5) is 4.70. The van der Waals surface area contributed by atoms with Gasteiger partial charge in [0.15, 0.2) is 0 Å². The van der Waals surface area contributed by atoms with Gasteiger partial charge in [-0.2, -0.15) is 0 Å². The molecule has 2 heterocycles. The molecule has 0 aliphatic carbocycles. The number of benzene rings is 2. The highest BCUT2D eigenvalue weighted by atomic mass is 16.5. The van der Waals surface area contributed by atoms with Gasteiger partial charge in [-0.1, -0.05) is 48.5 Å². The van der Waals surface area contributed by atoms with Crippen LogP contribution < -0.4 is 4.74 Å². The molecule has 0 radical (unpaired) electrons. The number of hydrogen-bond acceptors (Lipinski definition) is 5. The van der Waals surface area contributed by atoms with Gasteiger partial charge in [0.2, 0.25) is 0 Å². The number of likely N-dealkylation sites (tertiary alicyclic amines) is 1. The van der Waals surface area contributed by atoms with Crippen molar-refractivity contribution in [2.24, 2.45) is 0 Å². The van der Waals surface area contributed by atoms with E-state index >= 15 is 0 Å². The highest BCUT2D eigenvalue weighted by Crippen LogP contribution is 2.33. The van der Waals surface area contributed by atoms with Gasteiger partial charge in [-0.15, -0.1) is 0 Å². The van der Waals surface area contributed by atoms with Gasteiger partial charge >= 0.3 is 0 Å². The molecule has 2 aromatic rings. The van der Waals surface area contributed by atoms with Crippen LogP contribution in [0.2, 0.25) is 0 Å². The number of para-hydroxylation sites is 1. The molecule has 2 saturated heterocycles. The van der Waals surface area contributed by atoms with E-state index in [0.29, 0.717) is 13.2 Å². The zero-order valence-electron chi connectivity index (χ0n) is 16.4. The Hall–Kier alpha value is -1.92. The van der Waals surface area contributed by atoms with E-state index in [-0.39, 0.29) is 0 Å². The van der Waals surface area contributed by atoms with Crippen LogP contribution >= 0.6 is 0 Å². The summed E-state index contributed by atoms with van der Waals surface area (Å²) in [6, 6.07) is 18.3. The number of nitrogens with zero attached hydrogens (tertiary/aromatic N) is 2. The van der Waals surface area contributed by atoms with Crippen LogP contribution in [-0.2, 0) is 16.9 Å². The van der Waals surface area contributed by atoms with Gasteiger partial charge < -0.3 is 14.6 Å². The molecule has 0 saturated carbocycles. The number of β-amino-alcohol motifs (C(OH)–C–C–N with tert-alkyl or cyclic N) is 1. The Morgan fingerprint density at radius 1 is 0.929 bits per heavy atom. The van der Waals surface area contributed by atoms with Crippen LogP contribution in [0.4, 0.5) is 0 Å². The van der Waals surface area contributed by atoms with Crippen LogP contribution in [0.25, 0.3) is 0 Å². The van der Waals surface area contributed by atoms with E-state index in [0.717, 1.165) is 63.7 Å². The highest BCUT2D eigenvalue weighted by molar-refractivity contribution is 5.33. The third-order valence-electron chi connectivity index (χ3n) is 5.77. The monoisotopic (exact) mass is 382 g/mol. The van der Waals surface area contributed by atoms with Crippen LogP contribution in [0, 0.1) is 0 Å². The molecule has 2 aliphatic rings. The fraction of sp³-hybridized carbons (Fsp3) is 0.478.